The Morgan fingerprint density at radius 1 is 1.07 bits per heavy atom. The number of hydrogen-bond donors (Lipinski definition) is 2. The van der Waals surface area contributed by atoms with Crippen LogP contribution in [0.1, 0.15) is 11.1 Å². The van der Waals surface area contributed by atoms with Gasteiger partial charge in [-0.25, -0.2) is 10.2 Å². The van der Waals surface area contributed by atoms with Gasteiger partial charge in [0.1, 0.15) is 12.4 Å². The molecular weight excluding hydrogens is 384 g/mol. The monoisotopic (exact) mass is 404 g/mol. The Kier molecular flexibility index (Phi) is 5.17. The summed E-state index contributed by atoms with van der Waals surface area (Å²) < 4.78 is 8.59. The van der Waals surface area contributed by atoms with Crippen molar-refractivity contribution in [3.63, 3.8) is 0 Å². The van der Waals surface area contributed by atoms with Gasteiger partial charge < -0.3 is 9.30 Å². The number of H-pyrrole nitrogens is 1. The number of hydrogen-bond acceptors (Lipinski definition) is 6. The summed E-state index contributed by atoms with van der Waals surface area (Å²) in [5, 5.41) is 4.17. The predicted molar refractivity (Wildman–Crippen MR) is 115 cm³/mol. The molecule has 0 unspecified atom stereocenters. The quantitative estimate of drug-likeness (QED) is 0.378. The predicted octanol–water partition coefficient (Wildman–Crippen LogP) is 1.99. The lowest BCUT2D eigenvalue weighted by Gasteiger charge is -2.06. The van der Waals surface area contributed by atoms with Gasteiger partial charge in [0.15, 0.2) is 11.2 Å². The van der Waals surface area contributed by atoms with Crippen molar-refractivity contribution < 1.29 is 4.74 Å². The maximum Gasteiger partial charge on any atom is 0.329 e. The van der Waals surface area contributed by atoms with E-state index in [0.717, 1.165) is 16.9 Å². The minimum Gasteiger partial charge on any atom is -0.489 e. The number of nitrogens with zero attached hydrogens (tertiary/aromatic N) is 4. The van der Waals surface area contributed by atoms with Crippen LogP contribution in [0.25, 0.3) is 11.2 Å². The van der Waals surface area contributed by atoms with Crippen LogP contribution in [0.3, 0.4) is 0 Å². The molecule has 0 atom stereocenters. The molecule has 0 fully saturated rings. The summed E-state index contributed by atoms with van der Waals surface area (Å²) in [6, 6.07) is 17.5. The van der Waals surface area contributed by atoms with E-state index in [0.29, 0.717) is 12.6 Å². The number of aryl methyl sites for hydroxylation is 2. The second kappa shape index (κ2) is 8.08. The first-order valence-corrected chi connectivity index (χ1v) is 9.24. The van der Waals surface area contributed by atoms with Gasteiger partial charge in [-0.15, -0.1) is 0 Å². The van der Waals surface area contributed by atoms with Crippen LogP contribution >= 0.6 is 0 Å². The largest absolute Gasteiger partial charge is 0.489 e. The topological polar surface area (TPSA) is 106 Å². The Balaban J connectivity index is 1.44. The molecule has 0 amide bonds. The van der Waals surface area contributed by atoms with Crippen molar-refractivity contribution in [2.24, 2.45) is 19.2 Å². The fraction of sp³-hybridized carbons (Fsp3) is 0.143. The molecule has 30 heavy (non-hydrogen) atoms. The number of anilines is 1. The molecule has 0 saturated carbocycles. The third-order valence-electron chi connectivity index (χ3n) is 4.64. The summed E-state index contributed by atoms with van der Waals surface area (Å²) in [4.78, 5) is 30.3. The molecule has 4 aromatic rings. The van der Waals surface area contributed by atoms with Crippen molar-refractivity contribution in [1.82, 2.24) is 19.1 Å². The van der Waals surface area contributed by atoms with E-state index in [9.17, 15) is 9.59 Å². The molecule has 0 aliphatic carbocycles. The van der Waals surface area contributed by atoms with Gasteiger partial charge in [0.2, 0.25) is 5.95 Å². The van der Waals surface area contributed by atoms with Gasteiger partial charge in [-0.1, -0.05) is 30.3 Å². The van der Waals surface area contributed by atoms with Crippen molar-refractivity contribution in [2.75, 3.05) is 5.43 Å². The number of benzene rings is 2. The van der Waals surface area contributed by atoms with Gasteiger partial charge in [-0.05, 0) is 35.4 Å². The van der Waals surface area contributed by atoms with Crippen LogP contribution in [-0.2, 0) is 20.7 Å². The molecule has 2 aromatic carbocycles. The number of nitrogens with one attached hydrogen (secondary N) is 2. The lowest BCUT2D eigenvalue weighted by Crippen LogP contribution is -2.29. The van der Waals surface area contributed by atoms with Gasteiger partial charge in [-0.2, -0.15) is 10.1 Å². The summed E-state index contributed by atoms with van der Waals surface area (Å²) in [5.41, 5.74) is 4.33. The summed E-state index contributed by atoms with van der Waals surface area (Å²) >= 11 is 0. The maximum atomic E-state index is 12.0. The second-order valence-corrected chi connectivity index (χ2v) is 6.70. The molecule has 2 N–H and O–H groups in total. The van der Waals surface area contributed by atoms with Gasteiger partial charge >= 0.3 is 5.69 Å². The Hall–Kier alpha value is -4.14. The fourth-order valence-electron chi connectivity index (χ4n) is 2.96. The molecule has 0 saturated heterocycles. The second-order valence-electron chi connectivity index (χ2n) is 6.70. The van der Waals surface area contributed by atoms with E-state index >= 15 is 0 Å². The summed E-state index contributed by atoms with van der Waals surface area (Å²) in [7, 11) is 3.22. The van der Waals surface area contributed by atoms with E-state index < -0.39 is 11.2 Å². The van der Waals surface area contributed by atoms with Crippen LogP contribution in [0.5, 0.6) is 5.75 Å². The zero-order valence-corrected chi connectivity index (χ0v) is 16.5. The van der Waals surface area contributed by atoms with E-state index in [1.54, 1.807) is 24.9 Å². The summed E-state index contributed by atoms with van der Waals surface area (Å²) in [6.07, 6.45) is 1.63. The highest BCUT2D eigenvalue weighted by Gasteiger charge is 2.14. The third-order valence-corrected chi connectivity index (χ3v) is 4.64. The average Bonchev–Trinajstić information content (AvgIpc) is 3.09. The average molecular weight is 404 g/mol. The normalized spacial score (nSPS) is 11.3. The molecule has 4 rings (SSSR count). The van der Waals surface area contributed by atoms with Crippen molar-refractivity contribution in [3.8, 4) is 5.75 Å². The highest BCUT2D eigenvalue weighted by molar-refractivity contribution is 5.80. The number of aromatic nitrogens is 4. The molecule has 0 aliphatic heterocycles. The molecule has 0 aliphatic rings. The standard InChI is InChI=1S/C21H20N6O3/c1-26-17-18(27(2)21(29)24-19(17)28)23-20(26)25-22-12-14-8-10-16(11-9-14)30-13-15-6-4-3-5-7-15/h3-12H,13H2,1-2H3,(H,23,25)(H,24,28,29)/b22-12-. The number of aromatic amines is 1. The highest BCUT2D eigenvalue weighted by Crippen LogP contribution is 2.15. The number of fused-ring (bicyclic) bond motifs is 1. The van der Waals surface area contributed by atoms with Crippen molar-refractivity contribution in [2.45, 2.75) is 6.61 Å². The molecule has 0 radical (unpaired) electrons. The van der Waals surface area contributed by atoms with E-state index in [-0.39, 0.29) is 11.2 Å². The lowest BCUT2D eigenvalue weighted by atomic mass is 10.2. The molecule has 2 aromatic heterocycles. The highest BCUT2D eigenvalue weighted by atomic mass is 16.5. The lowest BCUT2D eigenvalue weighted by molar-refractivity contribution is 0.306. The zero-order chi connectivity index (χ0) is 21.1. The van der Waals surface area contributed by atoms with Crippen LogP contribution in [0.15, 0.2) is 69.3 Å². The van der Waals surface area contributed by atoms with Crippen LogP contribution in [0.2, 0.25) is 0 Å². The SMILES string of the molecule is Cn1c(N/N=C\c2ccc(OCc3ccccc3)cc2)nc2c1c(=O)[nH]c(=O)n2C. The van der Waals surface area contributed by atoms with Crippen LogP contribution < -0.4 is 21.4 Å². The van der Waals surface area contributed by atoms with Crippen LogP contribution in [0.4, 0.5) is 5.95 Å². The number of imidazole rings is 1. The van der Waals surface area contributed by atoms with Crippen molar-refractivity contribution in [3.05, 3.63) is 86.6 Å². The van der Waals surface area contributed by atoms with Crippen molar-refractivity contribution >= 4 is 23.3 Å². The van der Waals surface area contributed by atoms with Gasteiger partial charge in [0.05, 0.1) is 6.21 Å². The Labute approximate surface area is 171 Å². The molecular formula is C21H20N6O3. The minimum absolute atomic E-state index is 0.281. The van der Waals surface area contributed by atoms with E-state index in [1.807, 2.05) is 54.6 Å². The fourth-order valence-corrected chi connectivity index (χ4v) is 2.96. The Morgan fingerprint density at radius 3 is 2.53 bits per heavy atom. The van der Waals surface area contributed by atoms with Gasteiger partial charge in [0, 0.05) is 14.1 Å². The molecule has 2 heterocycles. The first kappa shape index (κ1) is 19.2. The van der Waals surface area contributed by atoms with Gasteiger partial charge in [-0.3, -0.25) is 14.3 Å². The first-order chi connectivity index (χ1) is 14.5. The third kappa shape index (κ3) is 3.86. The van der Waals surface area contributed by atoms with E-state index in [4.69, 9.17) is 4.74 Å². The molecule has 0 spiro atoms. The van der Waals surface area contributed by atoms with Crippen LogP contribution in [0, 0.1) is 0 Å². The number of ether oxygens (including phenoxy) is 1. The molecule has 9 heteroatoms. The molecule has 9 nitrogen and oxygen atoms in total. The van der Waals surface area contributed by atoms with E-state index in [2.05, 4.69) is 20.5 Å². The smallest absolute Gasteiger partial charge is 0.329 e. The first-order valence-electron chi connectivity index (χ1n) is 9.24. The molecule has 152 valence electrons. The van der Waals surface area contributed by atoms with Crippen LogP contribution in [-0.4, -0.2) is 25.3 Å². The van der Waals surface area contributed by atoms with E-state index in [1.165, 1.54) is 4.57 Å². The zero-order valence-electron chi connectivity index (χ0n) is 16.5. The van der Waals surface area contributed by atoms with Crippen molar-refractivity contribution in [1.29, 1.82) is 0 Å². The summed E-state index contributed by atoms with van der Waals surface area (Å²) in [6.45, 7) is 0.504. The molecule has 0 bridgehead atoms. The Bertz CT molecular complexity index is 1320. The number of rotatable bonds is 6. The Morgan fingerprint density at radius 2 is 1.80 bits per heavy atom. The summed E-state index contributed by atoms with van der Waals surface area (Å²) in [5.74, 6) is 1.11. The maximum absolute atomic E-state index is 12.0. The minimum atomic E-state index is -0.518. The van der Waals surface area contributed by atoms with Gasteiger partial charge in [0.25, 0.3) is 5.56 Å². The number of hydrazone groups is 1.